The normalized spacial score (nSPS) is 11.7. The zero-order chi connectivity index (χ0) is 19.6. The Morgan fingerprint density at radius 1 is 1.19 bits per heavy atom. The molecule has 0 radical (unpaired) electrons. The van der Waals surface area contributed by atoms with Gasteiger partial charge < -0.3 is 9.51 Å². The number of halogens is 3. The van der Waals surface area contributed by atoms with Crippen molar-refractivity contribution < 1.29 is 17.7 Å². The summed E-state index contributed by atoms with van der Waals surface area (Å²) in [6, 6.07) is 4.51. The number of aryl methyl sites for hydroxylation is 1. The van der Waals surface area contributed by atoms with Crippen LogP contribution < -0.4 is 5.56 Å². The number of nitrogens with one attached hydrogen (secondary N) is 1. The molecule has 0 saturated heterocycles. The number of alkyl halides is 3. The molecule has 1 N–H and O–H groups in total. The summed E-state index contributed by atoms with van der Waals surface area (Å²) < 4.78 is 42.9. The minimum atomic E-state index is -4.40. The fourth-order valence-electron chi connectivity index (χ4n) is 2.44. The molecule has 0 aliphatic carbocycles. The van der Waals surface area contributed by atoms with Crippen LogP contribution in [0.5, 0.6) is 0 Å². The van der Waals surface area contributed by atoms with Crippen LogP contribution in [-0.2, 0) is 18.3 Å². The van der Waals surface area contributed by atoms with Gasteiger partial charge in [-0.25, -0.2) is 4.98 Å². The number of thioether (sulfide) groups is 1. The van der Waals surface area contributed by atoms with Crippen LogP contribution in [0.2, 0.25) is 0 Å². The number of hydrogen-bond acceptors (Lipinski definition) is 6. The molecule has 142 valence electrons. The van der Waals surface area contributed by atoms with E-state index in [2.05, 4.69) is 20.1 Å². The Bertz CT molecular complexity index is 997. The van der Waals surface area contributed by atoms with E-state index in [4.69, 9.17) is 4.52 Å². The van der Waals surface area contributed by atoms with Gasteiger partial charge in [-0.05, 0) is 25.5 Å². The summed E-state index contributed by atoms with van der Waals surface area (Å²) in [6.45, 7) is 3.65. The molecule has 6 nitrogen and oxygen atoms in total. The Hall–Kier alpha value is -2.62. The molecule has 0 fully saturated rings. The maximum Gasteiger partial charge on any atom is 0.416 e. The first-order valence-electron chi connectivity index (χ1n) is 8.00. The van der Waals surface area contributed by atoms with Crippen LogP contribution in [0.3, 0.4) is 0 Å². The Kier molecular flexibility index (Phi) is 5.36. The number of aromatic amines is 1. The van der Waals surface area contributed by atoms with Crippen molar-refractivity contribution in [2.45, 2.75) is 37.4 Å². The molecule has 1 aromatic carbocycles. The van der Waals surface area contributed by atoms with Crippen LogP contribution in [0.4, 0.5) is 13.2 Å². The molecule has 10 heteroatoms. The Morgan fingerprint density at radius 3 is 2.48 bits per heavy atom. The van der Waals surface area contributed by atoms with Gasteiger partial charge in [-0.1, -0.05) is 36.0 Å². The predicted octanol–water partition coefficient (Wildman–Crippen LogP) is 4.00. The summed E-state index contributed by atoms with van der Waals surface area (Å²) in [5, 5.41) is 4.21. The first-order chi connectivity index (χ1) is 12.8. The minimum absolute atomic E-state index is 0.177. The van der Waals surface area contributed by atoms with Crippen LogP contribution in [-0.4, -0.2) is 20.1 Å². The minimum Gasteiger partial charge on any atom is -0.338 e. The molecule has 3 rings (SSSR count). The highest BCUT2D eigenvalue weighted by atomic mass is 32.2. The van der Waals surface area contributed by atoms with Gasteiger partial charge in [0, 0.05) is 16.8 Å². The van der Waals surface area contributed by atoms with E-state index >= 15 is 0 Å². The standard InChI is InChI=1S/C17H15F3N4O2S/c1-3-12-9(2)21-16(23-15(12)25)27-8-13-22-14(24-26-13)10-4-6-11(7-5-10)17(18,19)20/h4-7H,3,8H2,1-2H3,(H,21,23,25). The molecule has 0 bridgehead atoms. The molecular weight excluding hydrogens is 381 g/mol. The zero-order valence-corrected chi connectivity index (χ0v) is 15.2. The lowest BCUT2D eigenvalue weighted by Gasteiger charge is -2.05. The Labute approximate surface area is 156 Å². The van der Waals surface area contributed by atoms with Gasteiger partial charge in [-0.2, -0.15) is 18.2 Å². The van der Waals surface area contributed by atoms with E-state index in [9.17, 15) is 18.0 Å². The molecule has 0 aliphatic heterocycles. The Balaban J connectivity index is 1.71. The summed E-state index contributed by atoms with van der Waals surface area (Å²) in [6.07, 6.45) is -3.80. The van der Waals surface area contributed by atoms with Gasteiger partial charge >= 0.3 is 6.18 Å². The Morgan fingerprint density at radius 2 is 1.89 bits per heavy atom. The largest absolute Gasteiger partial charge is 0.416 e. The van der Waals surface area contributed by atoms with Crippen molar-refractivity contribution in [1.29, 1.82) is 0 Å². The summed E-state index contributed by atoms with van der Waals surface area (Å²) in [4.78, 5) is 23.1. The molecule has 0 aliphatic rings. The fourth-order valence-corrected chi connectivity index (χ4v) is 3.18. The van der Waals surface area contributed by atoms with Crippen LogP contribution in [0.25, 0.3) is 11.4 Å². The lowest BCUT2D eigenvalue weighted by Crippen LogP contribution is -2.16. The lowest BCUT2D eigenvalue weighted by atomic mass is 10.1. The second kappa shape index (κ2) is 7.55. The van der Waals surface area contributed by atoms with Crippen LogP contribution >= 0.6 is 11.8 Å². The van der Waals surface area contributed by atoms with Crippen LogP contribution in [0.15, 0.2) is 38.7 Å². The molecule has 27 heavy (non-hydrogen) atoms. The molecule has 0 atom stereocenters. The molecule has 2 heterocycles. The first kappa shape index (κ1) is 19.2. The fraction of sp³-hybridized carbons (Fsp3) is 0.294. The van der Waals surface area contributed by atoms with Gasteiger partial charge in [0.05, 0.1) is 11.3 Å². The molecule has 0 saturated carbocycles. The van der Waals surface area contributed by atoms with Crippen molar-refractivity contribution in [3.63, 3.8) is 0 Å². The highest BCUT2D eigenvalue weighted by molar-refractivity contribution is 7.98. The van der Waals surface area contributed by atoms with Gasteiger partial charge in [-0.15, -0.1) is 0 Å². The second-order valence-electron chi connectivity index (χ2n) is 5.66. The molecule has 2 aromatic heterocycles. The number of H-pyrrole nitrogens is 1. The van der Waals surface area contributed by atoms with Gasteiger partial charge in [0.2, 0.25) is 11.7 Å². The predicted molar refractivity (Wildman–Crippen MR) is 93.3 cm³/mol. The van der Waals surface area contributed by atoms with Crippen molar-refractivity contribution in [1.82, 2.24) is 20.1 Å². The first-order valence-corrected chi connectivity index (χ1v) is 8.99. The monoisotopic (exact) mass is 396 g/mol. The smallest absolute Gasteiger partial charge is 0.338 e. The van der Waals surface area contributed by atoms with Crippen molar-refractivity contribution in [2.24, 2.45) is 0 Å². The number of rotatable bonds is 5. The SMILES string of the molecule is CCc1c(C)nc(SCc2nc(-c3ccc(C(F)(F)F)cc3)no2)[nH]c1=O. The summed E-state index contributed by atoms with van der Waals surface area (Å²) in [5.41, 5.74) is 0.800. The van der Waals surface area contributed by atoms with E-state index in [0.29, 0.717) is 28.4 Å². The summed E-state index contributed by atoms with van der Waals surface area (Å²) in [7, 11) is 0. The third-order valence-corrected chi connectivity index (χ3v) is 4.68. The van der Waals surface area contributed by atoms with Gasteiger partial charge in [0.25, 0.3) is 5.56 Å². The highest BCUT2D eigenvalue weighted by Crippen LogP contribution is 2.30. The quantitative estimate of drug-likeness (QED) is 0.518. The average Bonchev–Trinajstić information content (AvgIpc) is 3.08. The lowest BCUT2D eigenvalue weighted by molar-refractivity contribution is -0.137. The van der Waals surface area contributed by atoms with E-state index in [1.54, 1.807) is 6.92 Å². The van der Waals surface area contributed by atoms with Crippen molar-refractivity contribution in [3.8, 4) is 11.4 Å². The van der Waals surface area contributed by atoms with Crippen molar-refractivity contribution >= 4 is 11.8 Å². The highest BCUT2D eigenvalue weighted by Gasteiger charge is 2.30. The molecular formula is C17H15F3N4O2S. The van der Waals surface area contributed by atoms with Gasteiger partial charge in [-0.3, -0.25) is 4.79 Å². The third-order valence-electron chi connectivity index (χ3n) is 3.82. The topological polar surface area (TPSA) is 84.7 Å². The van der Waals surface area contributed by atoms with Crippen molar-refractivity contribution in [2.75, 3.05) is 0 Å². The zero-order valence-electron chi connectivity index (χ0n) is 14.4. The van der Waals surface area contributed by atoms with E-state index in [1.165, 1.54) is 23.9 Å². The number of hydrogen-bond donors (Lipinski definition) is 1. The van der Waals surface area contributed by atoms with E-state index in [-0.39, 0.29) is 23.0 Å². The summed E-state index contributed by atoms with van der Waals surface area (Å²) >= 11 is 1.22. The van der Waals surface area contributed by atoms with Crippen LogP contribution in [0, 0.1) is 6.92 Å². The molecule has 0 spiro atoms. The van der Waals surface area contributed by atoms with Gasteiger partial charge in [0.15, 0.2) is 5.16 Å². The maximum atomic E-state index is 12.6. The molecule has 0 unspecified atom stereocenters. The van der Waals surface area contributed by atoms with Crippen molar-refractivity contribution in [3.05, 3.63) is 57.3 Å². The van der Waals surface area contributed by atoms with Gasteiger partial charge in [0.1, 0.15) is 0 Å². The summed E-state index contributed by atoms with van der Waals surface area (Å²) in [5.74, 6) is 0.731. The van der Waals surface area contributed by atoms with Crippen LogP contribution in [0.1, 0.15) is 29.6 Å². The number of aromatic nitrogens is 4. The number of nitrogens with zero attached hydrogens (tertiary/aromatic N) is 3. The molecule has 3 aromatic rings. The molecule has 0 amide bonds. The number of benzene rings is 1. The van der Waals surface area contributed by atoms with E-state index in [0.717, 1.165) is 12.1 Å². The maximum absolute atomic E-state index is 12.6. The average molecular weight is 396 g/mol. The third kappa shape index (κ3) is 4.38. The van der Waals surface area contributed by atoms with E-state index in [1.807, 2.05) is 6.92 Å². The van der Waals surface area contributed by atoms with E-state index < -0.39 is 11.7 Å². The second-order valence-corrected chi connectivity index (χ2v) is 6.63.